The number of hydrogen-bond acceptors (Lipinski definition) is 3. The van der Waals surface area contributed by atoms with E-state index in [9.17, 15) is 9.59 Å². The van der Waals surface area contributed by atoms with E-state index in [0.717, 1.165) is 30.9 Å². The van der Waals surface area contributed by atoms with Gasteiger partial charge in [-0.1, -0.05) is 48.9 Å². The maximum absolute atomic E-state index is 13.1. The molecule has 0 atom stereocenters. The van der Waals surface area contributed by atoms with Crippen molar-refractivity contribution in [1.29, 1.82) is 0 Å². The first-order valence-corrected chi connectivity index (χ1v) is 11.7. The minimum atomic E-state index is -0.138. The Bertz CT molecular complexity index is 1180. The van der Waals surface area contributed by atoms with Crippen LogP contribution in [-0.4, -0.2) is 36.9 Å². The van der Waals surface area contributed by atoms with Gasteiger partial charge in [-0.2, -0.15) is 0 Å². The number of carbonyl (C=O) groups excluding carboxylic acids is 2. The number of fused-ring (bicyclic) bond motifs is 1. The van der Waals surface area contributed by atoms with Crippen molar-refractivity contribution in [2.24, 2.45) is 0 Å². The number of amides is 2. The van der Waals surface area contributed by atoms with Gasteiger partial charge in [0.15, 0.2) is 0 Å². The molecule has 2 aliphatic rings. The lowest BCUT2D eigenvalue weighted by Gasteiger charge is -2.27. The van der Waals surface area contributed by atoms with Crippen LogP contribution in [0.15, 0.2) is 66.7 Å². The summed E-state index contributed by atoms with van der Waals surface area (Å²) in [6.45, 7) is 3.05. The number of rotatable bonds is 5. The fourth-order valence-corrected chi connectivity index (χ4v) is 4.85. The second-order valence-corrected chi connectivity index (χ2v) is 9.00. The molecule has 0 spiro atoms. The lowest BCUT2D eigenvalue weighted by Crippen LogP contribution is -2.29. The summed E-state index contributed by atoms with van der Waals surface area (Å²) in [4.78, 5) is 29.3. The molecule has 2 aliphatic heterocycles. The zero-order valence-electron chi connectivity index (χ0n) is 19.0. The van der Waals surface area contributed by atoms with E-state index in [4.69, 9.17) is 0 Å². The van der Waals surface area contributed by atoms with E-state index in [0.29, 0.717) is 17.7 Å². The molecule has 0 aliphatic carbocycles. The number of nitrogens with zero attached hydrogens (tertiary/aromatic N) is 2. The SMILES string of the molecule is CN1C(=O)Cc2ccc(NC(=O)c3ccc(-c4ccccc4)c(CN4CCCCC4)c3)cc21. The maximum atomic E-state index is 13.1. The van der Waals surface area contributed by atoms with Gasteiger partial charge in [0.05, 0.1) is 6.42 Å². The predicted octanol–water partition coefficient (Wildman–Crippen LogP) is 5.11. The van der Waals surface area contributed by atoms with Gasteiger partial charge in [-0.05, 0) is 72.5 Å². The van der Waals surface area contributed by atoms with E-state index in [-0.39, 0.29) is 11.8 Å². The Kier molecular flexibility index (Phi) is 5.97. The van der Waals surface area contributed by atoms with Crippen LogP contribution in [0.5, 0.6) is 0 Å². The average Bonchev–Trinajstić information content (AvgIpc) is 3.13. The second-order valence-electron chi connectivity index (χ2n) is 9.00. The minimum absolute atomic E-state index is 0.0762. The molecule has 3 aromatic carbocycles. The molecule has 0 saturated carbocycles. The highest BCUT2D eigenvalue weighted by Gasteiger charge is 2.24. The Labute approximate surface area is 195 Å². The molecule has 5 rings (SSSR count). The Balaban J connectivity index is 1.41. The third kappa shape index (κ3) is 4.55. The first-order chi connectivity index (χ1) is 16.1. The fourth-order valence-electron chi connectivity index (χ4n) is 4.85. The Morgan fingerprint density at radius 3 is 2.52 bits per heavy atom. The van der Waals surface area contributed by atoms with Crippen molar-refractivity contribution in [2.45, 2.75) is 32.2 Å². The monoisotopic (exact) mass is 439 g/mol. The van der Waals surface area contributed by atoms with Gasteiger partial charge in [0, 0.05) is 30.5 Å². The average molecular weight is 440 g/mol. The van der Waals surface area contributed by atoms with Crippen molar-refractivity contribution in [1.82, 2.24) is 4.90 Å². The Morgan fingerprint density at radius 1 is 0.939 bits per heavy atom. The van der Waals surface area contributed by atoms with Gasteiger partial charge in [0.2, 0.25) is 5.91 Å². The number of piperidine rings is 1. The van der Waals surface area contributed by atoms with Gasteiger partial charge in [-0.3, -0.25) is 14.5 Å². The number of nitrogens with one attached hydrogen (secondary N) is 1. The van der Waals surface area contributed by atoms with Crippen LogP contribution in [-0.2, 0) is 17.8 Å². The van der Waals surface area contributed by atoms with Crippen molar-refractivity contribution in [3.05, 3.63) is 83.4 Å². The van der Waals surface area contributed by atoms with Crippen molar-refractivity contribution in [3.8, 4) is 11.1 Å². The second kappa shape index (κ2) is 9.20. The lowest BCUT2D eigenvalue weighted by atomic mass is 9.96. The fraction of sp³-hybridized carbons (Fsp3) is 0.286. The third-order valence-corrected chi connectivity index (χ3v) is 6.72. The highest BCUT2D eigenvalue weighted by atomic mass is 16.2. The molecule has 168 valence electrons. The maximum Gasteiger partial charge on any atom is 0.255 e. The van der Waals surface area contributed by atoms with Crippen LogP contribution in [0.1, 0.15) is 40.7 Å². The Hall–Kier alpha value is -3.44. The highest BCUT2D eigenvalue weighted by molar-refractivity contribution is 6.06. The van der Waals surface area contributed by atoms with E-state index in [2.05, 4.69) is 40.5 Å². The van der Waals surface area contributed by atoms with Crippen molar-refractivity contribution >= 4 is 23.2 Å². The molecule has 1 fully saturated rings. The van der Waals surface area contributed by atoms with Gasteiger partial charge in [-0.15, -0.1) is 0 Å². The van der Waals surface area contributed by atoms with Gasteiger partial charge in [0.25, 0.3) is 5.91 Å². The topological polar surface area (TPSA) is 52.7 Å². The first kappa shape index (κ1) is 21.4. The minimum Gasteiger partial charge on any atom is -0.322 e. The van der Waals surface area contributed by atoms with E-state index in [1.54, 1.807) is 11.9 Å². The standard InChI is InChI=1S/C28H29N3O2/c1-30-26-18-24(12-10-21(26)17-27(30)32)29-28(33)22-11-13-25(20-8-4-2-5-9-20)23(16-22)19-31-14-6-3-7-15-31/h2,4-5,8-13,16,18H,3,6-7,14-15,17,19H2,1H3,(H,29,33). The largest absolute Gasteiger partial charge is 0.322 e. The lowest BCUT2D eigenvalue weighted by molar-refractivity contribution is -0.117. The summed E-state index contributed by atoms with van der Waals surface area (Å²) in [5.74, 6) is -0.0613. The summed E-state index contributed by atoms with van der Waals surface area (Å²) in [6.07, 6.45) is 4.18. The number of likely N-dealkylation sites (tertiary alicyclic amines) is 1. The van der Waals surface area contributed by atoms with Crippen LogP contribution in [0, 0.1) is 0 Å². The van der Waals surface area contributed by atoms with Crippen molar-refractivity contribution in [3.63, 3.8) is 0 Å². The molecule has 3 aromatic rings. The van der Waals surface area contributed by atoms with E-state index >= 15 is 0 Å². The molecule has 0 unspecified atom stereocenters. The number of likely N-dealkylation sites (N-methyl/N-ethyl adjacent to an activating group) is 1. The molecule has 1 N–H and O–H groups in total. The van der Waals surface area contributed by atoms with Gasteiger partial charge in [-0.25, -0.2) is 0 Å². The van der Waals surface area contributed by atoms with Crippen LogP contribution in [0.4, 0.5) is 11.4 Å². The summed E-state index contributed by atoms with van der Waals surface area (Å²) in [7, 11) is 1.77. The molecule has 2 heterocycles. The van der Waals surface area contributed by atoms with Gasteiger partial charge < -0.3 is 10.2 Å². The Morgan fingerprint density at radius 2 is 1.73 bits per heavy atom. The quantitative estimate of drug-likeness (QED) is 0.601. The van der Waals surface area contributed by atoms with Crippen LogP contribution in [0.25, 0.3) is 11.1 Å². The number of benzene rings is 3. The van der Waals surface area contributed by atoms with E-state index < -0.39 is 0 Å². The van der Waals surface area contributed by atoms with E-state index in [1.807, 2.05) is 36.4 Å². The zero-order valence-corrected chi connectivity index (χ0v) is 19.0. The summed E-state index contributed by atoms with van der Waals surface area (Å²) < 4.78 is 0. The van der Waals surface area contributed by atoms with E-state index in [1.165, 1.54) is 36.0 Å². The van der Waals surface area contributed by atoms with Gasteiger partial charge >= 0.3 is 0 Å². The van der Waals surface area contributed by atoms with Crippen LogP contribution in [0.3, 0.4) is 0 Å². The van der Waals surface area contributed by atoms with Crippen LogP contribution >= 0.6 is 0 Å². The van der Waals surface area contributed by atoms with Crippen molar-refractivity contribution in [2.75, 3.05) is 30.4 Å². The predicted molar refractivity (Wildman–Crippen MR) is 133 cm³/mol. The van der Waals surface area contributed by atoms with Gasteiger partial charge in [0.1, 0.15) is 0 Å². The molecule has 2 amide bonds. The molecular formula is C28H29N3O2. The number of hydrogen-bond donors (Lipinski definition) is 1. The molecule has 0 aromatic heterocycles. The van der Waals surface area contributed by atoms with Crippen molar-refractivity contribution < 1.29 is 9.59 Å². The molecule has 33 heavy (non-hydrogen) atoms. The van der Waals surface area contributed by atoms with Crippen LogP contribution < -0.4 is 10.2 Å². The molecule has 0 bridgehead atoms. The summed E-state index contributed by atoms with van der Waals surface area (Å²) in [5, 5.41) is 3.02. The number of anilines is 2. The summed E-state index contributed by atoms with van der Waals surface area (Å²) in [6, 6.07) is 22.1. The molecule has 0 radical (unpaired) electrons. The smallest absolute Gasteiger partial charge is 0.255 e. The first-order valence-electron chi connectivity index (χ1n) is 11.7. The third-order valence-electron chi connectivity index (χ3n) is 6.72. The molecular weight excluding hydrogens is 410 g/mol. The normalized spacial score (nSPS) is 16.0. The summed E-state index contributed by atoms with van der Waals surface area (Å²) in [5.41, 5.74) is 6.73. The van der Waals surface area contributed by atoms with Crippen LogP contribution in [0.2, 0.25) is 0 Å². The number of carbonyl (C=O) groups is 2. The molecule has 5 heteroatoms. The molecule has 1 saturated heterocycles. The zero-order chi connectivity index (χ0) is 22.8. The summed E-state index contributed by atoms with van der Waals surface area (Å²) >= 11 is 0. The highest BCUT2D eigenvalue weighted by Crippen LogP contribution is 2.31. The molecule has 5 nitrogen and oxygen atoms in total.